The fourth-order valence-corrected chi connectivity index (χ4v) is 3.90. The summed E-state index contributed by atoms with van der Waals surface area (Å²) in [6.45, 7) is 3.56. The molecule has 1 fully saturated rings. The molecule has 9 heteroatoms. The molecule has 4 rings (SSSR count). The topological polar surface area (TPSA) is 103 Å². The van der Waals surface area contributed by atoms with Crippen LogP contribution >= 0.6 is 0 Å². The van der Waals surface area contributed by atoms with Crippen LogP contribution < -0.4 is 19.5 Å². The number of benzene rings is 3. The summed E-state index contributed by atoms with van der Waals surface area (Å²) in [6.07, 6.45) is 2.44. The van der Waals surface area contributed by atoms with Crippen LogP contribution in [-0.2, 0) is 0 Å². The highest BCUT2D eigenvalue weighted by Gasteiger charge is 2.22. The van der Waals surface area contributed by atoms with E-state index in [9.17, 15) is 14.9 Å². The van der Waals surface area contributed by atoms with Gasteiger partial charge in [0.15, 0.2) is 11.5 Å². The van der Waals surface area contributed by atoms with Crippen molar-refractivity contribution in [3.05, 3.63) is 82.4 Å². The Morgan fingerprint density at radius 3 is 2.49 bits per heavy atom. The van der Waals surface area contributed by atoms with Gasteiger partial charge in [-0.2, -0.15) is 0 Å². The van der Waals surface area contributed by atoms with Crippen molar-refractivity contribution in [2.24, 2.45) is 0 Å². The number of ether oxygens (including phenoxy) is 3. The standard InChI is InChI=1S/C26H27N3O6/c1-33-25-17-19(9-12-24(25)34-16-15-28-13-5-6-14-28)27-26(30)22-11-10-21(18-23(22)29(31)32)35-20-7-3-2-4-8-20/h2-4,7-12,17-18H,5-6,13-16H2,1H3,(H,27,30). The lowest BCUT2D eigenvalue weighted by molar-refractivity contribution is -0.385. The summed E-state index contributed by atoms with van der Waals surface area (Å²) in [5.41, 5.74) is -0.0114. The average molecular weight is 478 g/mol. The Labute approximate surface area is 203 Å². The zero-order chi connectivity index (χ0) is 24.6. The van der Waals surface area contributed by atoms with Gasteiger partial charge in [-0.05, 0) is 62.3 Å². The van der Waals surface area contributed by atoms with Gasteiger partial charge in [-0.3, -0.25) is 19.8 Å². The molecule has 0 unspecified atom stereocenters. The first-order chi connectivity index (χ1) is 17.0. The molecule has 1 heterocycles. The van der Waals surface area contributed by atoms with Crippen LogP contribution in [0.15, 0.2) is 66.7 Å². The molecule has 3 aromatic rings. The molecule has 1 amide bonds. The number of nitrogens with one attached hydrogen (secondary N) is 1. The van der Waals surface area contributed by atoms with Crippen LogP contribution in [0.1, 0.15) is 23.2 Å². The molecular formula is C26H27N3O6. The minimum absolute atomic E-state index is 0.0830. The van der Waals surface area contributed by atoms with Gasteiger partial charge < -0.3 is 19.5 Å². The van der Waals surface area contributed by atoms with E-state index in [1.807, 2.05) is 6.07 Å². The van der Waals surface area contributed by atoms with Gasteiger partial charge in [-0.25, -0.2) is 0 Å². The lowest BCUT2D eigenvalue weighted by atomic mass is 10.1. The second-order valence-electron chi connectivity index (χ2n) is 8.07. The smallest absolute Gasteiger partial charge is 0.285 e. The van der Waals surface area contributed by atoms with Crippen molar-refractivity contribution < 1.29 is 23.9 Å². The lowest BCUT2D eigenvalue weighted by Gasteiger charge is -2.17. The van der Waals surface area contributed by atoms with Crippen molar-refractivity contribution in [1.82, 2.24) is 4.90 Å². The van der Waals surface area contributed by atoms with Crippen LogP contribution in [0.5, 0.6) is 23.0 Å². The van der Waals surface area contributed by atoms with Gasteiger partial charge in [0.05, 0.1) is 18.1 Å². The van der Waals surface area contributed by atoms with E-state index in [0.717, 1.165) is 19.6 Å². The molecule has 0 radical (unpaired) electrons. The molecule has 9 nitrogen and oxygen atoms in total. The van der Waals surface area contributed by atoms with Gasteiger partial charge in [-0.15, -0.1) is 0 Å². The molecule has 1 N–H and O–H groups in total. The largest absolute Gasteiger partial charge is 0.493 e. The third kappa shape index (κ3) is 6.27. The maximum Gasteiger partial charge on any atom is 0.285 e. The van der Waals surface area contributed by atoms with Crippen LogP contribution in [0.2, 0.25) is 0 Å². The maximum atomic E-state index is 12.9. The Morgan fingerprint density at radius 2 is 1.77 bits per heavy atom. The molecule has 1 aliphatic heterocycles. The summed E-state index contributed by atoms with van der Waals surface area (Å²) >= 11 is 0. The van der Waals surface area contributed by atoms with Crippen LogP contribution in [0.25, 0.3) is 0 Å². The van der Waals surface area contributed by atoms with Crippen molar-refractivity contribution in [3.8, 4) is 23.0 Å². The van der Waals surface area contributed by atoms with Gasteiger partial charge in [0, 0.05) is 18.3 Å². The van der Waals surface area contributed by atoms with Gasteiger partial charge in [0.2, 0.25) is 0 Å². The molecule has 3 aromatic carbocycles. The minimum Gasteiger partial charge on any atom is -0.493 e. The second kappa shape index (κ2) is 11.3. The van der Waals surface area contributed by atoms with E-state index in [4.69, 9.17) is 14.2 Å². The zero-order valence-corrected chi connectivity index (χ0v) is 19.4. The van der Waals surface area contributed by atoms with E-state index in [1.54, 1.807) is 42.5 Å². The summed E-state index contributed by atoms with van der Waals surface area (Å²) in [7, 11) is 1.52. The van der Waals surface area contributed by atoms with Crippen molar-refractivity contribution in [2.75, 3.05) is 38.7 Å². The number of hydrogen-bond donors (Lipinski definition) is 1. The molecule has 0 saturated carbocycles. The number of amides is 1. The van der Waals surface area contributed by atoms with Crippen LogP contribution in [0.3, 0.4) is 0 Å². The normalized spacial score (nSPS) is 13.3. The Kier molecular flexibility index (Phi) is 7.79. The van der Waals surface area contributed by atoms with Gasteiger partial charge >= 0.3 is 0 Å². The van der Waals surface area contributed by atoms with Crippen LogP contribution in [0, 0.1) is 10.1 Å². The Morgan fingerprint density at radius 1 is 1.00 bits per heavy atom. The summed E-state index contributed by atoms with van der Waals surface area (Å²) in [6, 6.07) is 18.0. The number of methoxy groups -OCH3 is 1. The van der Waals surface area contributed by atoms with Crippen LogP contribution in [0.4, 0.5) is 11.4 Å². The van der Waals surface area contributed by atoms with E-state index in [1.165, 1.54) is 38.2 Å². The van der Waals surface area contributed by atoms with E-state index in [-0.39, 0.29) is 17.0 Å². The molecule has 0 aliphatic carbocycles. The van der Waals surface area contributed by atoms with Gasteiger partial charge in [0.25, 0.3) is 11.6 Å². The third-order valence-electron chi connectivity index (χ3n) is 5.67. The first-order valence-corrected chi connectivity index (χ1v) is 11.4. The number of likely N-dealkylation sites (tertiary alicyclic amines) is 1. The fraction of sp³-hybridized carbons (Fsp3) is 0.269. The van der Waals surface area contributed by atoms with Gasteiger partial charge in [0.1, 0.15) is 23.7 Å². The molecule has 0 spiro atoms. The number of hydrogen-bond acceptors (Lipinski definition) is 7. The molecule has 35 heavy (non-hydrogen) atoms. The van der Waals surface area contributed by atoms with Crippen molar-refractivity contribution in [3.63, 3.8) is 0 Å². The summed E-state index contributed by atoms with van der Waals surface area (Å²) in [5, 5.41) is 14.4. The van der Waals surface area contributed by atoms with E-state index >= 15 is 0 Å². The number of carbonyl (C=O) groups excluding carboxylic acids is 1. The molecule has 0 atom stereocenters. The number of nitro benzene ring substituents is 1. The highest BCUT2D eigenvalue weighted by Crippen LogP contribution is 2.32. The quantitative estimate of drug-likeness (QED) is 0.319. The number of rotatable bonds is 10. The summed E-state index contributed by atoms with van der Waals surface area (Å²) < 4.78 is 16.9. The predicted molar refractivity (Wildman–Crippen MR) is 132 cm³/mol. The van der Waals surface area contributed by atoms with Crippen molar-refractivity contribution >= 4 is 17.3 Å². The minimum atomic E-state index is -0.618. The fourth-order valence-electron chi connectivity index (χ4n) is 3.90. The molecule has 182 valence electrons. The monoisotopic (exact) mass is 477 g/mol. The molecule has 1 saturated heterocycles. The second-order valence-corrected chi connectivity index (χ2v) is 8.07. The molecule has 0 aromatic heterocycles. The highest BCUT2D eigenvalue weighted by molar-refractivity contribution is 6.07. The number of nitrogens with zero attached hydrogens (tertiary/aromatic N) is 2. The Hall–Kier alpha value is -4.11. The Bertz CT molecular complexity index is 1180. The third-order valence-corrected chi connectivity index (χ3v) is 5.67. The SMILES string of the molecule is COc1cc(NC(=O)c2ccc(Oc3ccccc3)cc2[N+](=O)[O-])ccc1OCCN1CCCC1. The molecule has 1 aliphatic rings. The van der Waals surface area contributed by atoms with E-state index in [2.05, 4.69) is 10.2 Å². The number of para-hydroxylation sites is 1. The summed E-state index contributed by atoms with van der Waals surface area (Å²) in [5.74, 6) is 1.21. The van der Waals surface area contributed by atoms with Crippen molar-refractivity contribution in [1.29, 1.82) is 0 Å². The highest BCUT2D eigenvalue weighted by atomic mass is 16.6. The average Bonchev–Trinajstić information content (AvgIpc) is 3.39. The zero-order valence-electron chi connectivity index (χ0n) is 19.4. The number of carbonyl (C=O) groups is 1. The van der Waals surface area contributed by atoms with Crippen molar-refractivity contribution in [2.45, 2.75) is 12.8 Å². The lowest BCUT2D eigenvalue weighted by Crippen LogP contribution is -2.25. The van der Waals surface area contributed by atoms with Crippen LogP contribution in [-0.4, -0.2) is 49.1 Å². The van der Waals surface area contributed by atoms with E-state index < -0.39 is 10.8 Å². The maximum absolute atomic E-state index is 12.9. The first-order valence-electron chi connectivity index (χ1n) is 11.4. The van der Waals surface area contributed by atoms with Gasteiger partial charge in [-0.1, -0.05) is 18.2 Å². The number of nitro groups is 1. The Balaban J connectivity index is 1.44. The predicted octanol–water partition coefficient (Wildman–Crippen LogP) is 5.12. The number of anilines is 1. The molecular weight excluding hydrogens is 450 g/mol. The first kappa shape index (κ1) is 24.0. The molecule has 0 bridgehead atoms. The van der Waals surface area contributed by atoms with E-state index in [0.29, 0.717) is 29.5 Å². The summed E-state index contributed by atoms with van der Waals surface area (Å²) in [4.78, 5) is 26.3.